The predicted octanol–water partition coefficient (Wildman–Crippen LogP) is 1.63. The first-order chi connectivity index (χ1) is 11.6. The van der Waals surface area contributed by atoms with Crippen LogP contribution in [0.4, 0.5) is 0 Å². The first-order valence-electron chi connectivity index (χ1n) is 8.23. The molecule has 1 saturated carbocycles. The van der Waals surface area contributed by atoms with E-state index >= 15 is 0 Å². The SMILES string of the molecule is O=C(NC1CCc2nnc(C3CC3)n2CC1)c1cc(Cl)c[nH]c1=O. The van der Waals surface area contributed by atoms with Crippen LogP contribution in [0.25, 0.3) is 0 Å². The lowest BCUT2D eigenvalue weighted by Gasteiger charge is -2.16. The summed E-state index contributed by atoms with van der Waals surface area (Å²) in [5.41, 5.74) is -0.386. The number of carbonyl (C=O) groups excluding carboxylic acids is 1. The molecule has 2 aliphatic rings. The smallest absolute Gasteiger partial charge is 0.260 e. The molecular formula is C16H18ClN5O2. The molecule has 2 aromatic rings. The monoisotopic (exact) mass is 347 g/mol. The van der Waals surface area contributed by atoms with Crippen LogP contribution in [-0.2, 0) is 13.0 Å². The molecule has 4 rings (SSSR count). The Morgan fingerprint density at radius 2 is 2.12 bits per heavy atom. The molecule has 1 fully saturated rings. The van der Waals surface area contributed by atoms with E-state index in [1.54, 1.807) is 0 Å². The Hall–Kier alpha value is -2.15. The van der Waals surface area contributed by atoms with Crippen molar-refractivity contribution in [3.8, 4) is 0 Å². The molecule has 0 spiro atoms. The maximum absolute atomic E-state index is 12.4. The third kappa shape index (κ3) is 2.96. The number of aryl methyl sites for hydroxylation is 1. The summed E-state index contributed by atoms with van der Waals surface area (Å²) in [4.78, 5) is 26.6. The van der Waals surface area contributed by atoms with E-state index in [1.165, 1.54) is 25.1 Å². The molecule has 0 aromatic carbocycles. The molecule has 1 aliphatic heterocycles. The van der Waals surface area contributed by atoms with Crippen molar-refractivity contribution < 1.29 is 4.79 Å². The molecule has 0 radical (unpaired) electrons. The van der Waals surface area contributed by atoms with Gasteiger partial charge in [0.05, 0.1) is 5.02 Å². The third-order valence-corrected chi connectivity index (χ3v) is 4.88. The van der Waals surface area contributed by atoms with Crippen LogP contribution in [0.15, 0.2) is 17.1 Å². The van der Waals surface area contributed by atoms with Gasteiger partial charge in [-0.25, -0.2) is 0 Å². The summed E-state index contributed by atoms with van der Waals surface area (Å²) in [5.74, 6) is 2.25. The normalized spacial score (nSPS) is 20.3. The van der Waals surface area contributed by atoms with Gasteiger partial charge in [-0.2, -0.15) is 0 Å². The Balaban J connectivity index is 1.46. The summed E-state index contributed by atoms with van der Waals surface area (Å²) >= 11 is 5.86. The lowest BCUT2D eigenvalue weighted by Crippen LogP contribution is -2.37. The lowest BCUT2D eigenvalue weighted by molar-refractivity contribution is 0.0931. The lowest BCUT2D eigenvalue weighted by atomic mass is 10.1. The maximum Gasteiger partial charge on any atom is 0.260 e. The van der Waals surface area contributed by atoms with Crippen molar-refractivity contribution in [3.63, 3.8) is 0 Å². The number of fused-ring (bicyclic) bond motifs is 1. The molecule has 0 bridgehead atoms. The van der Waals surface area contributed by atoms with Crippen molar-refractivity contribution in [2.45, 2.75) is 50.6 Å². The standard InChI is InChI=1S/C16H18ClN5O2/c17-10-7-12(15(23)18-8-10)16(24)19-11-3-4-13-20-21-14(9-1-2-9)22(13)6-5-11/h7-9,11H,1-6H2,(H,18,23)(H,19,24). The van der Waals surface area contributed by atoms with Crippen molar-refractivity contribution in [1.29, 1.82) is 0 Å². The maximum atomic E-state index is 12.4. The van der Waals surface area contributed by atoms with Crippen molar-refractivity contribution >= 4 is 17.5 Å². The fourth-order valence-electron chi connectivity index (χ4n) is 3.19. The average Bonchev–Trinajstić information content (AvgIpc) is 3.36. The van der Waals surface area contributed by atoms with Crippen LogP contribution in [-0.4, -0.2) is 31.7 Å². The molecule has 8 heteroatoms. The molecular weight excluding hydrogens is 330 g/mol. The highest BCUT2D eigenvalue weighted by Gasteiger charge is 2.31. The molecule has 7 nitrogen and oxygen atoms in total. The van der Waals surface area contributed by atoms with Crippen LogP contribution in [0.5, 0.6) is 0 Å². The van der Waals surface area contributed by atoms with Crippen LogP contribution in [0.3, 0.4) is 0 Å². The average molecular weight is 348 g/mol. The quantitative estimate of drug-likeness (QED) is 0.882. The van der Waals surface area contributed by atoms with E-state index in [9.17, 15) is 9.59 Å². The number of nitrogens with zero attached hydrogens (tertiary/aromatic N) is 3. The number of carbonyl (C=O) groups is 1. The summed E-state index contributed by atoms with van der Waals surface area (Å²) in [6.07, 6.45) is 6.11. The Morgan fingerprint density at radius 3 is 2.92 bits per heavy atom. The van der Waals surface area contributed by atoms with E-state index in [0.29, 0.717) is 10.9 Å². The highest BCUT2D eigenvalue weighted by atomic mass is 35.5. The van der Waals surface area contributed by atoms with E-state index in [1.807, 2.05) is 0 Å². The Kier molecular flexibility index (Phi) is 3.88. The number of aromatic amines is 1. The fourth-order valence-corrected chi connectivity index (χ4v) is 3.35. The zero-order chi connectivity index (χ0) is 16.7. The number of hydrogen-bond donors (Lipinski definition) is 2. The van der Waals surface area contributed by atoms with Gasteiger partial charge in [0.2, 0.25) is 0 Å². The van der Waals surface area contributed by atoms with Crippen LogP contribution in [0.1, 0.15) is 53.6 Å². The van der Waals surface area contributed by atoms with E-state index in [-0.39, 0.29) is 17.5 Å². The van der Waals surface area contributed by atoms with E-state index in [0.717, 1.165) is 37.5 Å². The van der Waals surface area contributed by atoms with Crippen LogP contribution >= 0.6 is 11.6 Å². The molecule has 3 heterocycles. The van der Waals surface area contributed by atoms with Gasteiger partial charge in [-0.15, -0.1) is 10.2 Å². The highest BCUT2D eigenvalue weighted by molar-refractivity contribution is 6.30. The topological polar surface area (TPSA) is 92.7 Å². The Morgan fingerprint density at radius 1 is 1.29 bits per heavy atom. The van der Waals surface area contributed by atoms with Crippen LogP contribution in [0.2, 0.25) is 5.02 Å². The molecule has 0 saturated heterocycles. The predicted molar refractivity (Wildman–Crippen MR) is 88.3 cm³/mol. The zero-order valence-electron chi connectivity index (χ0n) is 13.1. The van der Waals surface area contributed by atoms with Crippen molar-refractivity contribution in [1.82, 2.24) is 25.1 Å². The number of pyridine rings is 1. The molecule has 2 aromatic heterocycles. The van der Waals surface area contributed by atoms with E-state index < -0.39 is 5.56 Å². The summed E-state index contributed by atoms with van der Waals surface area (Å²) < 4.78 is 2.20. The zero-order valence-corrected chi connectivity index (χ0v) is 13.8. The Bertz CT molecular complexity index is 839. The minimum Gasteiger partial charge on any atom is -0.349 e. The molecule has 2 N–H and O–H groups in total. The van der Waals surface area contributed by atoms with Crippen molar-refractivity contribution in [2.75, 3.05) is 0 Å². The molecule has 24 heavy (non-hydrogen) atoms. The number of H-pyrrole nitrogens is 1. The van der Waals surface area contributed by atoms with Crippen LogP contribution < -0.4 is 10.9 Å². The number of aromatic nitrogens is 4. The summed E-state index contributed by atoms with van der Waals surface area (Å²) in [7, 11) is 0. The molecule has 1 amide bonds. The summed E-state index contributed by atoms with van der Waals surface area (Å²) in [6, 6.07) is 1.40. The largest absolute Gasteiger partial charge is 0.349 e. The first kappa shape index (κ1) is 15.4. The Labute approximate surface area is 143 Å². The van der Waals surface area contributed by atoms with Gasteiger partial charge < -0.3 is 14.9 Å². The van der Waals surface area contributed by atoms with Gasteiger partial charge in [-0.1, -0.05) is 11.6 Å². The van der Waals surface area contributed by atoms with E-state index in [4.69, 9.17) is 11.6 Å². The molecule has 1 unspecified atom stereocenters. The van der Waals surface area contributed by atoms with E-state index in [2.05, 4.69) is 25.1 Å². The second kappa shape index (κ2) is 6.05. The van der Waals surface area contributed by atoms with Gasteiger partial charge in [0.15, 0.2) is 0 Å². The third-order valence-electron chi connectivity index (χ3n) is 4.66. The molecule has 1 atom stereocenters. The minimum absolute atomic E-state index is 0.00429. The van der Waals surface area contributed by atoms with Crippen LogP contribution in [0, 0.1) is 0 Å². The van der Waals surface area contributed by atoms with Crippen molar-refractivity contribution in [3.05, 3.63) is 44.9 Å². The number of nitrogens with one attached hydrogen (secondary N) is 2. The van der Waals surface area contributed by atoms with Gasteiger partial charge in [-0.3, -0.25) is 9.59 Å². The van der Waals surface area contributed by atoms with Gasteiger partial charge in [0, 0.05) is 31.1 Å². The fraction of sp³-hybridized carbons (Fsp3) is 0.500. The highest BCUT2D eigenvalue weighted by Crippen LogP contribution is 2.39. The van der Waals surface area contributed by atoms with Gasteiger partial charge in [0.25, 0.3) is 11.5 Å². The minimum atomic E-state index is -0.432. The second-order valence-electron chi connectivity index (χ2n) is 6.46. The van der Waals surface area contributed by atoms with Gasteiger partial charge in [0.1, 0.15) is 17.2 Å². The van der Waals surface area contributed by atoms with Gasteiger partial charge in [-0.05, 0) is 31.7 Å². The van der Waals surface area contributed by atoms with Crippen molar-refractivity contribution in [2.24, 2.45) is 0 Å². The number of amides is 1. The number of halogens is 1. The molecule has 126 valence electrons. The number of rotatable bonds is 3. The first-order valence-corrected chi connectivity index (χ1v) is 8.60. The second-order valence-corrected chi connectivity index (χ2v) is 6.90. The number of hydrogen-bond acceptors (Lipinski definition) is 4. The summed E-state index contributed by atoms with van der Waals surface area (Å²) in [6.45, 7) is 0.797. The molecule has 1 aliphatic carbocycles. The van der Waals surface area contributed by atoms with Gasteiger partial charge >= 0.3 is 0 Å². The summed E-state index contributed by atoms with van der Waals surface area (Å²) in [5, 5.41) is 11.9.